The van der Waals surface area contributed by atoms with Crippen LogP contribution in [-0.2, 0) is 0 Å². The van der Waals surface area contributed by atoms with Crippen LogP contribution < -0.4 is 10.5 Å². The summed E-state index contributed by atoms with van der Waals surface area (Å²) in [6.45, 7) is 2.36. The molecule has 3 N–H and O–H groups in total. The van der Waals surface area contributed by atoms with Gasteiger partial charge in [-0.25, -0.2) is 4.98 Å². The van der Waals surface area contributed by atoms with Gasteiger partial charge in [-0.2, -0.15) is 0 Å². The van der Waals surface area contributed by atoms with Crippen LogP contribution in [0.4, 0.5) is 0 Å². The smallest absolute Gasteiger partial charge is 0.145 e. The van der Waals surface area contributed by atoms with Crippen LogP contribution in [0.5, 0.6) is 5.75 Å². The summed E-state index contributed by atoms with van der Waals surface area (Å²) in [5.41, 5.74) is 7.10. The summed E-state index contributed by atoms with van der Waals surface area (Å²) in [6, 6.07) is 9.81. The van der Waals surface area contributed by atoms with Gasteiger partial charge in [0.15, 0.2) is 0 Å². The van der Waals surface area contributed by atoms with E-state index in [4.69, 9.17) is 15.9 Å². The average molecular weight is 229 g/mol. The van der Waals surface area contributed by atoms with Crippen molar-refractivity contribution in [1.29, 1.82) is 5.41 Å². The van der Waals surface area contributed by atoms with Gasteiger partial charge in [0.05, 0.1) is 12.4 Å². The molecular weight excluding hydrogens is 214 g/mol. The first kappa shape index (κ1) is 11.4. The number of amidine groups is 1. The van der Waals surface area contributed by atoms with Crippen LogP contribution in [0.3, 0.4) is 0 Å². The number of para-hydroxylation sites is 1. The Morgan fingerprint density at radius 3 is 2.94 bits per heavy atom. The Kier molecular flexibility index (Phi) is 3.23. The lowest BCUT2D eigenvalue weighted by atomic mass is 10.2. The van der Waals surface area contributed by atoms with Crippen molar-refractivity contribution >= 4 is 16.7 Å². The first-order valence-electron chi connectivity index (χ1n) is 5.49. The molecule has 0 aliphatic heterocycles. The first-order valence-corrected chi connectivity index (χ1v) is 5.49. The van der Waals surface area contributed by atoms with E-state index in [9.17, 15) is 0 Å². The summed E-state index contributed by atoms with van der Waals surface area (Å²) in [6.07, 6.45) is 0.433. The molecule has 2 rings (SSSR count). The number of benzene rings is 1. The summed E-state index contributed by atoms with van der Waals surface area (Å²) >= 11 is 0. The molecule has 17 heavy (non-hydrogen) atoms. The van der Waals surface area contributed by atoms with E-state index in [0.717, 1.165) is 22.3 Å². The normalized spacial score (nSPS) is 10.4. The Morgan fingerprint density at radius 2 is 2.18 bits per heavy atom. The maximum Gasteiger partial charge on any atom is 0.145 e. The van der Waals surface area contributed by atoms with E-state index in [1.165, 1.54) is 0 Å². The quantitative estimate of drug-likeness (QED) is 0.624. The Bertz CT molecular complexity index is 551. The van der Waals surface area contributed by atoms with Gasteiger partial charge in [-0.05, 0) is 19.1 Å². The highest BCUT2D eigenvalue weighted by Gasteiger charge is 2.03. The van der Waals surface area contributed by atoms with Gasteiger partial charge >= 0.3 is 0 Å². The summed E-state index contributed by atoms with van der Waals surface area (Å²) in [7, 11) is 0. The molecular formula is C13H15N3O. The molecule has 4 heteroatoms. The largest absolute Gasteiger partial charge is 0.491 e. The van der Waals surface area contributed by atoms with Gasteiger partial charge in [0.25, 0.3) is 0 Å². The summed E-state index contributed by atoms with van der Waals surface area (Å²) in [5, 5.41) is 8.19. The SMILES string of the molecule is Cc1ccc2cccc(OCCC(=N)N)c2n1. The van der Waals surface area contributed by atoms with Crippen LogP contribution >= 0.6 is 0 Å². The number of aryl methyl sites for hydroxylation is 1. The second-order valence-electron chi connectivity index (χ2n) is 3.90. The molecule has 1 aromatic carbocycles. The zero-order valence-corrected chi connectivity index (χ0v) is 9.73. The maximum atomic E-state index is 7.14. The minimum Gasteiger partial charge on any atom is -0.491 e. The number of ether oxygens (including phenoxy) is 1. The molecule has 88 valence electrons. The lowest BCUT2D eigenvalue weighted by Gasteiger charge is -2.08. The van der Waals surface area contributed by atoms with Crippen LogP contribution in [0.25, 0.3) is 10.9 Å². The van der Waals surface area contributed by atoms with E-state index >= 15 is 0 Å². The number of nitrogens with zero attached hydrogens (tertiary/aromatic N) is 1. The van der Waals surface area contributed by atoms with Crippen molar-refractivity contribution in [2.45, 2.75) is 13.3 Å². The van der Waals surface area contributed by atoms with Crippen LogP contribution in [0.1, 0.15) is 12.1 Å². The minimum atomic E-state index is 0.134. The van der Waals surface area contributed by atoms with Gasteiger partial charge in [-0.15, -0.1) is 0 Å². The molecule has 0 bridgehead atoms. The van der Waals surface area contributed by atoms with Gasteiger partial charge in [0.2, 0.25) is 0 Å². The molecule has 0 aliphatic carbocycles. The zero-order valence-electron chi connectivity index (χ0n) is 9.73. The monoisotopic (exact) mass is 229 g/mol. The van der Waals surface area contributed by atoms with Crippen molar-refractivity contribution in [1.82, 2.24) is 4.98 Å². The lowest BCUT2D eigenvalue weighted by Crippen LogP contribution is -2.13. The number of rotatable bonds is 4. The molecule has 0 spiro atoms. The fourth-order valence-electron chi connectivity index (χ4n) is 1.60. The highest BCUT2D eigenvalue weighted by Crippen LogP contribution is 2.23. The summed E-state index contributed by atoms with van der Waals surface area (Å²) in [5.74, 6) is 0.877. The molecule has 0 amide bonds. The number of hydrogen-bond acceptors (Lipinski definition) is 3. The van der Waals surface area contributed by atoms with E-state index in [-0.39, 0.29) is 5.84 Å². The third-order valence-corrected chi connectivity index (χ3v) is 2.45. The van der Waals surface area contributed by atoms with Gasteiger partial charge < -0.3 is 10.5 Å². The molecule has 0 aliphatic rings. The highest BCUT2D eigenvalue weighted by molar-refractivity contribution is 5.84. The Morgan fingerprint density at radius 1 is 1.35 bits per heavy atom. The van der Waals surface area contributed by atoms with E-state index in [0.29, 0.717) is 13.0 Å². The van der Waals surface area contributed by atoms with Gasteiger partial charge in [-0.3, -0.25) is 5.41 Å². The van der Waals surface area contributed by atoms with Crippen LogP contribution in [0.2, 0.25) is 0 Å². The molecule has 2 aromatic rings. The van der Waals surface area contributed by atoms with Gasteiger partial charge in [-0.1, -0.05) is 18.2 Å². The minimum absolute atomic E-state index is 0.134. The van der Waals surface area contributed by atoms with Crippen molar-refractivity contribution in [2.75, 3.05) is 6.61 Å². The van der Waals surface area contributed by atoms with Gasteiger partial charge in [0, 0.05) is 17.5 Å². The van der Waals surface area contributed by atoms with Gasteiger partial charge in [0.1, 0.15) is 11.3 Å². The molecule has 4 nitrogen and oxygen atoms in total. The zero-order chi connectivity index (χ0) is 12.3. The van der Waals surface area contributed by atoms with Crippen molar-refractivity contribution in [2.24, 2.45) is 5.73 Å². The van der Waals surface area contributed by atoms with Crippen LogP contribution in [0, 0.1) is 12.3 Å². The number of aromatic nitrogens is 1. The standard InChI is InChI=1S/C13H15N3O/c1-9-5-6-10-3-2-4-11(13(10)16-9)17-8-7-12(14)15/h2-6H,7-8H2,1H3,(H3,14,15). The Hall–Kier alpha value is -2.10. The molecule has 0 saturated heterocycles. The number of nitrogens with one attached hydrogen (secondary N) is 1. The molecule has 0 fully saturated rings. The fraction of sp³-hybridized carbons (Fsp3) is 0.231. The molecule has 1 heterocycles. The summed E-state index contributed by atoms with van der Waals surface area (Å²) in [4.78, 5) is 4.46. The van der Waals surface area contributed by atoms with Crippen molar-refractivity contribution in [3.8, 4) is 5.75 Å². The number of pyridine rings is 1. The van der Waals surface area contributed by atoms with E-state index in [1.807, 2.05) is 37.3 Å². The van der Waals surface area contributed by atoms with Crippen molar-refractivity contribution in [3.05, 3.63) is 36.0 Å². The molecule has 1 aromatic heterocycles. The van der Waals surface area contributed by atoms with Crippen LogP contribution in [-0.4, -0.2) is 17.4 Å². The summed E-state index contributed by atoms with van der Waals surface area (Å²) < 4.78 is 5.60. The number of hydrogen-bond donors (Lipinski definition) is 2. The molecule has 0 saturated carbocycles. The van der Waals surface area contributed by atoms with E-state index < -0.39 is 0 Å². The fourth-order valence-corrected chi connectivity index (χ4v) is 1.60. The van der Waals surface area contributed by atoms with E-state index in [2.05, 4.69) is 4.98 Å². The predicted octanol–water partition coefficient (Wildman–Crippen LogP) is 2.25. The first-order chi connectivity index (χ1) is 8.16. The predicted molar refractivity (Wildman–Crippen MR) is 68.5 cm³/mol. The highest BCUT2D eigenvalue weighted by atomic mass is 16.5. The molecule has 0 radical (unpaired) electrons. The maximum absolute atomic E-state index is 7.14. The van der Waals surface area contributed by atoms with Crippen molar-refractivity contribution < 1.29 is 4.74 Å². The molecule has 0 unspecified atom stereocenters. The number of fused-ring (bicyclic) bond motifs is 1. The third kappa shape index (κ3) is 2.72. The van der Waals surface area contributed by atoms with Crippen LogP contribution in [0.15, 0.2) is 30.3 Å². The van der Waals surface area contributed by atoms with E-state index in [1.54, 1.807) is 0 Å². The second-order valence-corrected chi connectivity index (χ2v) is 3.90. The Labute approximate surface area is 99.9 Å². The topological polar surface area (TPSA) is 72.0 Å². The number of nitrogens with two attached hydrogens (primary N) is 1. The Balaban J connectivity index is 2.27. The molecule has 0 atom stereocenters. The second kappa shape index (κ2) is 4.82. The average Bonchev–Trinajstić information content (AvgIpc) is 2.29. The lowest BCUT2D eigenvalue weighted by molar-refractivity contribution is 0.332. The van der Waals surface area contributed by atoms with Crippen molar-refractivity contribution in [3.63, 3.8) is 0 Å². The third-order valence-electron chi connectivity index (χ3n) is 2.45.